The van der Waals surface area contributed by atoms with Crippen LogP contribution in [0.2, 0.25) is 0 Å². The number of hydrogen-bond acceptors (Lipinski definition) is 3. The Hall–Kier alpha value is -0.810. The molecular weight excluding hydrogens is 226 g/mol. The summed E-state index contributed by atoms with van der Waals surface area (Å²) in [5.41, 5.74) is 2.78. The van der Waals surface area contributed by atoms with Crippen molar-refractivity contribution < 1.29 is 0 Å². The van der Waals surface area contributed by atoms with E-state index in [9.17, 15) is 0 Å². The number of aliphatic imine (C=N–C) groups is 1. The first-order valence-corrected chi connectivity index (χ1v) is 7.22. The maximum absolute atomic E-state index is 5.61. The summed E-state index contributed by atoms with van der Waals surface area (Å²) in [6.45, 7) is 6.41. The number of nitrogens with one attached hydrogen (secondary N) is 1. The molecule has 0 bridgehead atoms. The zero-order valence-electron chi connectivity index (χ0n) is 11.7. The molecule has 0 amide bonds. The fourth-order valence-electron chi connectivity index (χ4n) is 3.30. The quantitative estimate of drug-likeness (QED) is 0.328. The van der Waals surface area contributed by atoms with Gasteiger partial charge in [-0.15, -0.1) is 0 Å². The number of piperidine rings is 2. The molecule has 0 saturated carbocycles. The van der Waals surface area contributed by atoms with Crippen LogP contribution in [0.15, 0.2) is 4.99 Å². The van der Waals surface area contributed by atoms with Crippen LogP contribution in [0.4, 0.5) is 0 Å². The zero-order valence-corrected chi connectivity index (χ0v) is 11.7. The second-order valence-corrected chi connectivity index (χ2v) is 5.53. The molecule has 2 aliphatic rings. The minimum absolute atomic E-state index is 0.764. The third-order valence-electron chi connectivity index (χ3n) is 4.26. The highest BCUT2D eigenvalue weighted by Gasteiger charge is 2.34. The van der Waals surface area contributed by atoms with Crippen LogP contribution in [0.25, 0.3) is 0 Å². The van der Waals surface area contributed by atoms with E-state index in [1.54, 1.807) is 0 Å². The molecule has 0 spiro atoms. The predicted molar refractivity (Wildman–Crippen MR) is 75.2 cm³/mol. The van der Waals surface area contributed by atoms with Crippen molar-refractivity contribution in [1.82, 2.24) is 15.2 Å². The second-order valence-electron chi connectivity index (χ2n) is 5.53. The lowest BCUT2D eigenvalue weighted by molar-refractivity contribution is 0.0620. The second kappa shape index (κ2) is 6.38. The predicted octanol–water partition coefficient (Wildman–Crippen LogP) is 0.632. The van der Waals surface area contributed by atoms with E-state index in [-0.39, 0.29) is 0 Å². The van der Waals surface area contributed by atoms with E-state index < -0.39 is 0 Å². The molecule has 0 radical (unpaired) electrons. The van der Waals surface area contributed by atoms with Crippen molar-refractivity contribution >= 4 is 5.96 Å². The lowest BCUT2D eigenvalue weighted by atomic mass is 9.84. The molecule has 18 heavy (non-hydrogen) atoms. The smallest absolute Gasteiger partial charge is 0.208 e. The topological polar surface area (TPSA) is 56.9 Å². The van der Waals surface area contributed by atoms with Crippen molar-refractivity contribution in [3.8, 4) is 0 Å². The van der Waals surface area contributed by atoms with Gasteiger partial charge in [0.25, 0.3) is 0 Å². The number of likely N-dealkylation sites (tertiary alicyclic amines) is 2. The van der Waals surface area contributed by atoms with E-state index in [0.29, 0.717) is 0 Å². The van der Waals surface area contributed by atoms with Crippen molar-refractivity contribution in [3.63, 3.8) is 0 Å². The third kappa shape index (κ3) is 2.95. The maximum atomic E-state index is 5.61. The Bertz CT molecular complexity index is 291. The van der Waals surface area contributed by atoms with Crippen LogP contribution in [-0.2, 0) is 0 Å². The number of fused-ring (bicyclic) bond motifs is 1. The molecule has 2 rings (SSSR count). The first-order valence-electron chi connectivity index (χ1n) is 7.22. The van der Waals surface area contributed by atoms with Crippen LogP contribution in [0.5, 0.6) is 0 Å². The summed E-state index contributed by atoms with van der Waals surface area (Å²) in [6.07, 6.45) is 4.96. The van der Waals surface area contributed by atoms with Gasteiger partial charge in [-0.1, -0.05) is 6.92 Å². The van der Waals surface area contributed by atoms with E-state index >= 15 is 0 Å². The van der Waals surface area contributed by atoms with Crippen LogP contribution < -0.4 is 11.3 Å². The van der Waals surface area contributed by atoms with Crippen LogP contribution in [0, 0.1) is 5.92 Å². The largest absolute Gasteiger partial charge is 0.342 e. The van der Waals surface area contributed by atoms with Crippen LogP contribution in [0.1, 0.15) is 32.6 Å². The molecular formula is C13H27N5. The third-order valence-corrected chi connectivity index (χ3v) is 4.26. The number of hydrogen-bond donors (Lipinski definition) is 2. The summed E-state index contributed by atoms with van der Waals surface area (Å²) in [4.78, 5) is 9.40. The van der Waals surface area contributed by atoms with E-state index in [4.69, 9.17) is 5.84 Å². The minimum atomic E-state index is 0.764. The van der Waals surface area contributed by atoms with Gasteiger partial charge in [-0.2, -0.15) is 0 Å². The SMILES string of the molecule is CCCN=C(NN)N1CCC2C(CCCN2C)C1. The standard InChI is InChI=1S/C13H27N5/c1-3-7-15-13(16-14)18-9-6-12-11(10-18)5-4-8-17(12)2/h11-12H,3-10,14H2,1-2H3,(H,15,16). The lowest BCUT2D eigenvalue weighted by Gasteiger charge is -2.46. The summed E-state index contributed by atoms with van der Waals surface area (Å²) in [5.74, 6) is 7.26. The number of guanidine groups is 1. The Morgan fingerprint density at radius 3 is 2.94 bits per heavy atom. The van der Waals surface area contributed by atoms with Crippen molar-refractivity contribution in [1.29, 1.82) is 0 Å². The zero-order chi connectivity index (χ0) is 13.0. The fourth-order valence-corrected chi connectivity index (χ4v) is 3.30. The molecule has 0 aromatic heterocycles. The number of nitrogens with zero attached hydrogens (tertiary/aromatic N) is 3. The molecule has 0 aromatic rings. The van der Waals surface area contributed by atoms with Crippen LogP contribution in [-0.4, -0.2) is 55.0 Å². The number of nitrogens with two attached hydrogens (primary N) is 1. The maximum Gasteiger partial charge on any atom is 0.208 e. The molecule has 2 aliphatic heterocycles. The van der Waals surface area contributed by atoms with Crippen molar-refractivity contribution in [2.24, 2.45) is 16.8 Å². The van der Waals surface area contributed by atoms with Crippen LogP contribution >= 0.6 is 0 Å². The molecule has 0 aromatic carbocycles. The minimum Gasteiger partial charge on any atom is -0.342 e. The monoisotopic (exact) mass is 253 g/mol. The van der Waals surface area contributed by atoms with Gasteiger partial charge in [-0.25, -0.2) is 5.84 Å². The Balaban J connectivity index is 1.97. The number of hydrazine groups is 1. The summed E-state index contributed by atoms with van der Waals surface area (Å²) in [5, 5.41) is 0. The molecule has 2 saturated heterocycles. The summed E-state index contributed by atoms with van der Waals surface area (Å²) < 4.78 is 0. The summed E-state index contributed by atoms with van der Waals surface area (Å²) in [6, 6.07) is 0.764. The van der Waals surface area contributed by atoms with E-state index in [0.717, 1.165) is 44.0 Å². The molecule has 0 aliphatic carbocycles. The Morgan fingerprint density at radius 1 is 1.39 bits per heavy atom. The number of rotatable bonds is 2. The summed E-state index contributed by atoms with van der Waals surface area (Å²) >= 11 is 0. The van der Waals surface area contributed by atoms with Gasteiger partial charge >= 0.3 is 0 Å². The molecule has 2 unspecified atom stereocenters. The molecule has 3 N–H and O–H groups in total. The van der Waals surface area contributed by atoms with Gasteiger partial charge in [0.1, 0.15) is 0 Å². The van der Waals surface area contributed by atoms with Crippen LogP contribution in [0.3, 0.4) is 0 Å². The van der Waals surface area contributed by atoms with Gasteiger partial charge in [0.2, 0.25) is 5.96 Å². The Labute approximate surface area is 110 Å². The van der Waals surface area contributed by atoms with Crippen molar-refractivity contribution in [3.05, 3.63) is 0 Å². The molecule has 2 heterocycles. The van der Waals surface area contributed by atoms with Gasteiger partial charge in [0.15, 0.2) is 0 Å². The normalized spacial score (nSPS) is 30.2. The molecule has 5 nitrogen and oxygen atoms in total. The van der Waals surface area contributed by atoms with Gasteiger partial charge in [0, 0.05) is 25.7 Å². The Kier molecular flexibility index (Phi) is 4.83. The first kappa shape index (κ1) is 13.6. The van der Waals surface area contributed by atoms with E-state index in [1.807, 2.05) is 0 Å². The summed E-state index contributed by atoms with van der Waals surface area (Å²) in [7, 11) is 2.26. The van der Waals surface area contributed by atoms with E-state index in [1.165, 1.54) is 25.8 Å². The lowest BCUT2D eigenvalue weighted by Crippen LogP contribution is -2.56. The Morgan fingerprint density at radius 2 is 2.22 bits per heavy atom. The molecule has 2 fully saturated rings. The molecule has 2 atom stereocenters. The molecule has 5 heteroatoms. The molecule has 104 valence electrons. The average Bonchev–Trinajstić information content (AvgIpc) is 2.40. The van der Waals surface area contributed by atoms with Gasteiger partial charge in [-0.3, -0.25) is 10.4 Å². The highest BCUT2D eigenvalue weighted by molar-refractivity contribution is 5.79. The highest BCUT2D eigenvalue weighted by atomic mass is 15.4. The fraction of sp³-hybridized carbons (Fsp3) is 0.923. The average molecular weight is 253 g/mol. The van der Waals surface area contributed by atoms with Crippen molar-refractivity contribution in [2.75, 3.05) is 33.2 Å². The van der Waals surface area contributed by atoms with Gasteiger partial charge in [0.05, 0.1) is 0 Å². The highest BCUT2D eigenvalue weighted by Crippen LogP contribution is 2.29. The van der Waals surface area contributed by atoms with Crippen molar-refractivity contribution in [2.45, 2.75) is 38.6 Å². The van der Waals surface area contributed by atoms with Gasteiger partial charge < -0.3 is 9.80 Å². The van der Waals surface area contributed by atoms with E-state index in [2.05, 4.69) is 34.2 Å². The first-order chi connectivity index (χ1) is 8.76. The van der Waals surface area contributed by atoms with Gasteiger partial charge in [-0.05, 0) is 45.2 Å².